The van der Waals surface area contributed by atoms with Crippen molar-refractivity contribution in [3.05, 3.63) is 66.2 Å². The lowest BCUT2D eigenvalue weighted by molar-refractivity contribution is -0.655. The smallest absolute Gasteiger partial charge is 0.335 e. The Kier molecular flexibility index (Phi) is 3.92. The Morgan fingerprint density at radius 1 is 0.926 bits per heavy atom. The molecule has 3 aromatic carbocycles. The predicted octanol–water partition coefficient (Wildman–Crippen LogP) is 3.83. The predicted molar refractivity (Wildman–Crippen MR) is 109 cm³/mol. The van der Waals surface area contributed by atoms with Gasteiger partial charge in [0.05, 0.1) is 16.3 Å². The van der Waals surface area contributed by atoms with Gasteiger partial charge in [-0.15, -0.1) is 0 Å². The summed E-state index contributed by atoms with van der Waals surface area (Å²) in [4.78, 5) is 11.5. The van der Waals surface area contributed by atoms with Crippen LogP contribution in [0.1, 0.15) is 17.3 Å². The van der Waals surface area contributed by atoms with Crippen LogP contribution in [-0.4, -0.2) is 11.1 Å². The van der Waals surface area contributed by atoms with Crippen molar-refractivity contribution in [1.82, 2.24) is 0 Å². The van der Waals surface area contributed by atoms with Gasteiger partial charge in [0.15, 0.2) is 0 Å². The van der Waals surface area contributed by atoms with Gasteiger partial charge in [0.1, 0.15) is 6.54 Å². The number of aromatic nitrogens is 1. The number of carboxylic acid groups (broad SMARTS) is 1. The second-order valence-electron chi connectivity index (χ2n) is 6.56. The molecule has 0 atom stereocenters. The third-order valence-corrected chi connectivity index (χ3v) is 4.87. The molecule has 0 aliphatic carbocycles. The van der Waals surface area contributed by atoms with Crippen molar-refractivity contribution in [2.45, 2.75) is 13.5 Å². The molecule has 0 fully saturated rings. The maximum atomic E-state index is 11.5. The number of pyridine rings is 1. The lowest BCUT2D eigenvalue weighted by atomic mass is 9.97. The van der Waals surface area contributed by atoms with Crippen LogP contribution in [0.25, 0.3) is 32.9 Å². The Hall–Kier alpha value is -3.60. The highest BCUT2D eigenvalue weighted by Gasteiger charge is 2.23. The Morgan fingerprint density at radius 3 is 2.33 bits per heavy atom. The molecule has 0 saturated carbocycles. The zero-order chi connectivity index (χ0) is 19.1. The van der Waals surface area contributed by atoms with Gasteiger partial charge in [0, 0.05) is 28.4 Å². The van der Waals surface area contributed by atoms with Gasteiger partial charge in [0.2, 0.25) is 11.2 Å². The summed E-state index contributed by atoms with van der Waals surface area (Å²) in [6.45, 7) is 2.77. The Morgan fingerprint density at radius 2 is 1.63 bits per heavy atom. The summed E-state index contributed by atoms with van der Waals surface area (Å²) in [6, 6.07) is 18.7. The van der Waals surface area contributed by atoms with Gasteiger partial charge >= 0.3 is 5.97 Å². The first kappa shape index (κ1) is 16.8. The number of nitrogens with zero attached hydrogens (tertiary/aromatic N) is 1. The first-order valence-electron chi connectivity index (χ1n) is 8.77. The van der Waals surface area contributed by atoms with Crippen LogP contribution in [0.5, 0.6) is 0 Å². The van der Waals surface area contributed by atoms with E-state index in [4.69, 9.17) is 11.5 Å². The lowest BCUT2D eigenvalue weighted by Crippen LogP contribution is -2.36. The molecule has 5 N–H and O–H groups in total. The largest absolute Gasteiger partial charge is 0.478 e. The number of nitrogen functional groups attached to an aromatic ring is 2. The summed E-state index contributed by atoms with van der Waals surface area (Å²) in [7, 11) is 0. The van der Waals surface area contributed by atoms with Crippen molar-refractivity contribution in [2.24, 2.45) is 0 Å². The van der Waals surface area contributed by atoms with Crippen LogP contribution in [0.15, 0.2) is 60.7 Å². The number of aryl methyl sites for hydroxylation is 1. The summed E-state index contributed by atoms with van der Waals surface area (Å²) in [5.74, 6) is -0.950. The Labute approximate surface area is 156 Å². The molecule has 0 aliphatic rings. The van der Waals surface area contributed by atoms with Gasteiger partial charge in [-0.25, -0.2) is 4.79 Å². The standard InChI is InChI=1S/C22H19N3O2/c1-2-25-20-12-16(24)7-9-18(20)17-8-6-15(23)11-19(17)21(25)13-4-3-5-14(10-13)22(26)27/h3-12,24H,2,23H2,1H3,(H,26,27)/p+1. The number of carbonyl (C=O) groups is 1. The second-order valence-corrected chi connectivity index (χ2v) is 6.56. The molecule has 27 heavy (non-hydrogen) atoms. The first-order valence-corrected chi connectivity index (χ1v) is 8.77. The van der Waals surface area contributed by atoms with Crippen molar-refractivity contribution >= 4 is 39.0 Å². The molecule has 134 valence electrons. The monoisotopic (exact) mass is 358 g/mol. The molecule has 0 bridgehead atoms. The van der Waals surface area contributed by atoms with E-state index in [-0.39, 0.29) is 5.56 Å². The summed E-state index contributed by atoms with van der Waals surface area (Å²) in [6.07, 6.45) is 0. The normalized spacial score (nSPS) is 11.1. The van der Waals surface area contributed by atoms with Crippen molar-refractivity contribution in [2.75, 3.05) is 11.5 Å². The molecule has 0 aliphatic heterocycles. The molecule has 0 saturated heterocycles. The van der Waals surface area contributed by atoms with E-state index in [2.05, 4.69) is 11.5 Å². The van der Waals surface area contributed by atoms with E-state index in [9.17, 15) is 9.90 Å². The minimum Gasteiger partial charge on any atom is -0.478 e. The molecule has 1 aromatic heterocycles. The zero-order valence-electron chi connectivity index (χ0n) is 14.9. The van der Waals surface area contributed by atoms with Gasteiger partial charge in [-0.05, 0) is 49.4 Å². The van der Waals surface area contributed by atoms with Crippen LogP contribution in [0, 0.1) is 0 Å². The van der Waals surface area contributed by atoms with Crippen LogP contribution in [0.3, 0.4) is 0 Å². The van der Waals surface area contributed by atoms with Gasteiger partial charge in [-0.3, -0.25) is 0 Å². The minimum absolute atomic E-state index is 0.250. The third-order valence-electron chi connectivity index (χ3n) is 4.87. The number of hydrogen-bond acceptors (Lipinski definition) is 3. The molecular formula is C22H20N3O2+. The highest BCUT2D eigenvalue weighted by molar-refractivity contribution is 6.10. The topological polar surface area (TPSA) is 93.2 Å². The van der Waals surface area contributed by atoms with Crippen molar-refractivity contribution in [3.8, 4) is 11.3 Å². The maximum absolute atomic E-state index is 11.5. The number of benzene rings is 3. The molecule has 5 heteroatoms. The number of hydrogen-bond donors (Lipinski definition) is 3. The van der Waals surface area contributed by atoms with Crippen LogP contribution in [0.4, 0.5) is 11.4 Å². The van der Waals surface area contributed by atoms with Crippen LogP contribution in [-0.2, 0) is 6.54 Å². The molecule has 4 rings (SSSR count). The quantitative estimate of drug-likeness (QED) is 0.295. The van der Waals surface area contributed by atoms with Gasteiger partial charge in [0.25, 0.3) is 0 Å². The molecule has 5 nitrogen and oxygen atoms in total. The van der Waals surface area contributed by atoms with Crippen molar-refractivity contribution in [1.29, 1.82) is 0 Å². The van der Waals surface area contributed by atoms with Gasteiger partial charge < -0.3 is 16.6 Å². The summed E-state index contributed by atoms with van der Waals surface area (Å²) in [5.41, 5.74) is 16.5. The fourth-order valence-electron chi connectivity index (χ4n) is 3.70. The zero-order valence-corrected chi connectivity index (χ0v) is 14.9. The second kappa shape index (κ2) is 6.29. The lowest BCUT2D eigenvalue weighted by Gasteiger charge is -2.12. The van der Waals surface area contributed by atoms with Crippen LogP contribution in [0.2, 0.25) is 0 Å². The number of nitrogens with two attached hydrogens (primary N) is 2. The summed E-state index contributed by atoms with van der Waals surface area (Å²) >= 11 is 0. The van der Waals surface area contributed by atoms with Gasteiger partial charge in [-0.1, -0.05) is 12.1 Å². The number of fused-ring (bicyclic) bond motifs is 3. The van der Waals surface area contributed by atoms with E-state index in [1.807, 2.05) is 42.5 Å². The van der Waals surface area contributed by atoms with Crippen LogP contribution < -0.4 is 16.0 Å². The molecule has 0 spiro atoms. The highest BCUT2D eigenvalue weighted by Crippen LogP contribution is 2.33. The fourth-order valence-corrected chi connectivity index (χ4v) is 3.70. The molecule has 1 heterocycles. The number of aromatic carboxylic acids is 1. The number of rotatable bonds is 3. The summed E-state index contributed by atoms with van der Waals surface area (Å²) < 4.78 is 2.16. The molecular weight excluding hydrogens is 338 g/mol. The van der Waals surface area contributed by atoms with Crippen molar-refractivity contribution in [3.63, 3.8) is 0 Å². The van der Waals surface area contributed by atoms with Gasteiger partial charge in [-0.2, -0.15) is 4.57 Å². The third kappa shape index (κ3) is 2.73. The first-order chi connectivity index (χ1) is 13.0. The Bertz CT molecular complexity index is 1220. The van der Waals surface area contributed by atoms with Crippen LogP contribution >= 0.6 is 0 Å². The van der Waals surface area contributed by atoms with E-state index in [1.54, 1.807) is 18.2 Å². The fraction of sp³-hybridized carbons (Fsp3) is 0.0909. The number of carboxylic acids is 1. The maximum Gasteiger partial charge on any atom is 0.335 e. The molecule has 0 radical (unpaired) electrons. The average Bonchev–Trinajstić information content (AvgIpc) is 2.66. The average molecular weight is 358 g/mol. The minimum atomic E-state index is -0.950. The van der Waals surface area contributed by atoms with E-state index in [1.165, 1.54) is 0 Å². The Balaban J connectivity index is 2.22. The molecule has 0 unspecified atom stereocenters. The van der Waals surface area contributed by atoms with E-state index < -0.39 is 5.97 Å². The van der Waals surface area contributed by atoms with E-state index in [0.29, 0.717) is 17.9 Å². The number of anilines is 2. The van der Waals surface area contributed by atoms with E-state index >= 15 is 0 Å². The van der Waals surface area contributed by atoms with E-state index in [0.717, 1.165) is 32.9 Å². The highest BCUT2D eigenvalue weighted by atomic mass is 16.4. The molecule has 4 aromatic rings. The molecule has 0 amide bonds. The summed E-state index contributed by atoms with van der Waals surface area (Å²) in [5, 5.41) is 12.5. The SMILES string of the molecule is CC[n+]1c(-c2cccc(C(=O)O)c2)c2cc(N)ccc2c2ccc(N)cc21. The van der Waals surface area contributed by atoms with Crippen molar-refractivity contribution < 1.29 is 14.5 Å².